The van der Waals surface area contributed by atoms with Gasteiger partial charge in [0.05, 0.1) is 30.6 Å². The van der Waals surface area contributed by atoms with Crippen LogP contribution in [-0.4, -0.2) is 101 Å². The van der Waals surface area contributed by atoms with Crippen LogP contribution in [0.1, 0.15) is 55.3 Å². The average Bonchev–Trinajstić information content (AvgIpc) is 3.83. The van der Waals surface area contributed by atoms with Crippen LogP contribution in [0.2, 0.25) is 0 Å². The van der Waals surface area contributed by atoms with E-state index in [1.807, 2.05) is 11.9 Å². The summed E-state index contributed by atoms with van der Waals surface area (Å²) < 4.78 is 6.86. The zero-order chi connectivity index (χ0) is 36.3. The Kier molecular flexibility index (Phi) is 12.3. The second-order valence-electron chi connectivity index (χ2n) is 13.4. The molecule has 2 aliphatic rings. The molecule has 3 aromatic heterocycles. The fourth-order valence-electron chi connectivity index (χ4n) is 6.94. The Morgan fingerprint density at radius 1 is 1.04 bits per heavy atom. The second kappa shape index (κ2) is 17.6. The summed E-state index contributed by atoms with van der Waals surface area (Å²) >= 11 is 0. The van der Waals surface area contributed by atoms with E-state index in [-0.39, 0.29) is 11.8 Å². The Hall–Kier alpha value is -5.50. The van der Waals surface area contributed by atoms with Gasteiger partial charge >= 0.3 is 0 Å². The second-order valence-corrected chi connectivity index (χ2v) is 13.4. The summed E-state index contributed by atoms with van der Waals surface area (Å²) in [5.74, 6) is 1.36. The van der Waals surface area contributed by atoms with E-state index in [1.165, 1.54) is 57.9 Å². The summed E-state index contributed by atoms with van der Waals surface area (Å²) in [6.07, 6.45) is 14.2. The number of aromatic nitrogens is 5. The van der Waals surface area contributed by atoms with Gasteiger partial charge in [-0.15, -0.1) is 0 Å². The summed E-state index contributed by atoms with van der Waals surface area (Å²) in [7, 11) is 3.48. The smallest absolute Gasteiger partial charge is 0.260 e. The van der Waals surface area contributed by atoms with Crippen molar-refractivity contribution in [2.45, 2.75) is 44.9 Å². The molecule has 3 amide bonds. The molecule has 5 aromatic rings. The van der Waals surface area contributed by atoms with E-state index < -0.39 is 0 Å². The number of anilines is 3. The number of nitrogens with zero attached hydrogens (tertiary/aromatic N) is 7. The first kappa shape index (κ1) is 36.3. The number of methoxy groups -OCH3 is 1. The lowest BCUT2D eigenvalue weighted by Crippen LogP contribution is -2.46. The highest BCUT2D eigenvalue weighted by Crippen LogP contribution is 2.28. The molecule has 0 spiro atoms. The lowest BCUT2D eigenvalue weighted by atomic mass is 9.87. The normalized spacial score (nSPS) is 15.2. The summed E-state index contributed by atoms with van der Waals surface area (Å²) in [4.78, 5) is 45.7. The van der Waals surface area contributed by atoms with Crippen molar-refractivity contribution >= 4 is 52.0 Å². The number of hydrogen-bond donors (Lipinski definition) is 3. The van der Waals surface area contributed by atoms with Crippen molar-refractivity contribution in [1.29, 1.82) is 0 Å². The average molecular weight is 709 g/mol. The molecule has 52 heavy (non-hydrogen) atoms. The molecule has 1 aliphatic heterocycles. The summed E-state index contributed by atoms with van der Waals surface area (Å²) in [6.45, 7) is 6.33. The van der Waals surface area contributed by atoms with Crippen molar-refractivity contribution in [2.24, 2.45) is 5.92 Å². The standard InChI is InChI=1S/C23H36N4O2.C15H12N6O2/c1-25(13-12-23(29)24-19-28)21-7-9-22(10-8-21)27-17-15-26(16-18-27)14-11-20-5-3-2-4-6-20;1-23-12-6-11-9(7-17-20-11)5-10(12)15(22)19-14-8-16-13-3-2-4-18-21(13)14/h7-10,19-20H,2-6,11-18H2,1H3,(H,24,28,29);2-8H,1H3,(H,17,20)(H,19,22). The highest BCUT2D eigenvalue weighted by Gasteiger charge is 2.20. The third-order valence-corrected chi connectivity index (χ3v) is 10.0. The molecule has 2 fully saturated rings. The van der Waals surface area contributed by atoms with Gasteiger partial charge in [-0.25, -0.2) is 4.98 Å². The predicted molar refractivity (Wildman–Crippen MR) is 202 cm³/mol. The van der Waals surface area contributed by atoms with Gasteiger partial charge in [-0.3, -0.25) is 29.7 Å². The van der Waals surface area contributed by atoms with Crippen LogP contribution in [0.25, 0.3) is 16.6 Å². The number of hydrogen-bond acceptors (Lipinski definition) is 10. The van der Waals surface area contributed by atoms with Gasteiger partial charge in [0.1, 0.15) is 5.75 Å². The molecular formula is C38H48N10O4. The molecular weight excluding hydrogens is 660 g/mol. The SMILES string of the molecule is CN(CCC(=O)NC=O)c1ccc(N2CCN(CCC3CCCCC3)CC2)cc1.COc1cc2[nH]ncc2cc1C(=O)Nc1cnc2cccnn12. The number of carbonyl (C=O) groups is 3. The molecule has 274 valence electrons. The van der Waals surface area contributed by atoms with Gasteiger partial charge < -0.3 is 19.9 Å². The van der Waals surface area contributed by atoms with Crippen LogP contribution >= 0.6 is 0 Å². The third kappa shape index (κ3) is 9.23. The van der Waals surface area contributed by atoms with Crippen LogP contribution in [0.15, 0.2) is 67.1 Å². The van der Waals surface area contributed by atoms with Gasteiger partial charge in [0.25, 0.3) is 5.91 Å². The molecule has 3 N–H and O–H groups in total. The summed E-state index contributed by atoms with van der Waals surface area (Å²) in [5.41, 5.74) is 4.22. The van der Waals surface area contributed by atoms with E-state index in [9.17, 15) is 14.4 Å². The van der Waals surface area contributed by atoms with Crippen LogP contribution < -0.4 is 25.2 Å². The van der Waals surface area contributed by atoms with Gasteiger partial charge in [0.15, 0.2) is 11.5 Å². The first-order valence-electron chi connectivity index (χ1n) is 18.0. The van der Waals surface area contributed by atoms with E-state index in [4.69, 9.17) is 4.74 Å². The lowest BCUT2D eigenvalue weighted by Gasteiger charge is -2.37. The van der Waals surface area contributed by atoms with Gasteiger partial charge in [-0.05, 0) is 61.3 Å². The van der Waals surface area contributed by atoms with Crippen molar-refractivity contribution in [3.63, 3.8) is 0 Å². The molecule has 1 saturated carbocycles. The Balaban J connectivity index is 0.000000183. The minimum Gasteiger partial charge on any atom is -0.496 e. The molecule has 14 nitrogen and oxygen atoms in total. The Morgan fingerprint density at radius 2 is 1.83 bits per heavy atom. The van der Waals surface area contributed by atoms with Crippen LogP contribution in [0.4, 0.5) is 17.2 Å². The molecule has 1 saturated heterocycles. The lowest BCUT2D eigenvalue weighted by molar-refractivity contribution is -0.125. The maximum Gasteiger partial charge on any atom is 0.260 e. The number of piperazine rings is 1. The maximum atomic E-state index is 12.6. The molecule has 2 aromatic carbocycles. The number of aromatic amines is 1. The highest BCUT2D eigenvalue weighted by molar-refractivity contribution is 6.08. The molecule has 1 aliphatic carbocycles. The van der Waals surface area contributed by atoms with E-state index in [1.54, 1.807) is 47.4 Å². The van der Waals surface area contributed by atoms with Crippen molar-refractivity contribution in [3.8, 4) is 5.75 Å². The van der Waals surface area contributed by atoms with Crippen LogP contribution in [0.3, 0.4) is 0 Å². The Bertz CT molecular complexity index is 1930. The van der Waals surface area contributed by atoms with Gasteiger partial charge in [0.2, 0.25) is 12.3 Å². The number of rotatable bonds is 12. The molecule has 0 atom stereocenters. The molecule has 0 radical (unpaired) electrons. The molecule has 4 heterocycles. The zero-order valence-electron chi connectivity index (χ0n) is 30.0. The van der Waals surface area contributed by atoms with Crippen LogP contribution in [-0.2, 0) is 9.59 Å². The monoisotopic (exact) mass is 708 g/mol. The van der Waals surface area contributed by atoms with Gasteiger partial charge in [-0.1, -0.05) is 32.1 Å². The van der Waals surface area contributed by atoms with Crippen LogP contribution in [0, 0.1) is 5.92 Å². The minimum atomic E-state index is -0.308. The van der Waals surface area contributed by atoms with Crippen LogP contribution in [0.5, 0.6) is 5.75 Å². The number of fused-ring (bicyclic) bond motifs is 2. The molecule has 0 bridgehead atoms. The number of imidazole rings is 1. The third-order valence-electron chi connectivity index (χ3n) is 10.0. The number of ether oxygens (including phenoxy) is 1. The molecule has 14 heteroatoms. The fraction of sp³-hybridized carbons (Fsp3) is 0.421. The van der Waals surface area contributed by atoms with Gasteiger partial charge in [0, 0.05) is 75.2 Å². The number of nitrogens with one attached hydrogen (secondary N) is 3. The van der Waals surface area contributed by atoms with Crippen molar-refractivity contribution in [3.05, 3.63) is 72.7 Å². The number of H-pyrrole nitrogens is 1. The first-order chi connectivity index (χ1) is 25.4. The van der Waals surface area contributed by atoms with E-state index >= 15 is 0 Å². The quantitative estimate of drug-likeness (QED) is 0.155. The number of carbonyl (C=O) groups excluding carboxylic acids is 3. The minimum absolute atomic E-state index is 0.246. The van der Waals surface area contributed by atoms with Crippen molar-refractivity contribution in [1.82, 2.24) is 35.0 Å². The summed E-state index contributed by atoms with van der Waals surface area (Å²) in [5, 5.41) is 16.8. The van der Waals surface area contributed by atoms with Crippen molar-refractivity contribution in [2.75, 3.05) is 68.5 Å². The van der Waals surface area contributed by atoms with E-state index in [0.717, 1.165) is 48.7 Å². The zero-order valence-corrected chi connectivity index (χ0v) is 30.0. The molecule has 0 unspecified atom stereocenters. The van der Waals surface area contributed by atoms with E-state index in [2.05, 4.69) is 65.0 Å². The first-order valence-corrected chi connectivity index (χ1v) is 18.0. The largest absolute Gasteiger partial charge is 0.496 e. The Labute approximate surface area is 303 Å². The van der Waals surface area contributed by atoms with E-state index in [0.29, 0.717) is 42.2 Å². The number of imide groups is 1. The Morgan fingerprint density at radius 3 is 2.58 bits per heavy atom. The number of amides is 3. The van der Waals surface area contributed by atoms with Crippen molar-refractivity contribution < 1.29 is 19.1 Å². The fourth-order valence-corrected chi connectivity index (χ4v) is 6.94. The number of benzene rings is 2. The topological polar surface area (TPSA) is 153 Å². The summed E-state index contributed by atoms with van der Waals surface area (Å²) in [6, 6.07) is 15.6. The predicted octanol–water partition coefficient (Wildman–Crippen LogP) is 4.74. The maximum absolute atomic E-state index is 12.6. The molecule has 7 rings (SSSR count). The highest BCUT2D eigenvalue weighted by atomic mass is 16.5. The van der Waals surface area contributed by atoms with Gasteiger partial charge in [-0.2, -0.15) is 14.7 Å².